The van der Waals surface area contributed by atoms with Crippen LogP contribution in [0.2, 0.25) is 0 Å². The van der Waals surface area contributed by atoms with Gasteiger partial charge in [-0.05, 0) is 29.2 Å². The highest BCUT2D eigenvalue weighted by molar-refractivity contribution is 5.82. The monoisotopic (exact) mass is 204 g/mol. The lowest BCUT2D eigenvalue weighted by atomic mass is 9.97. The minimum Gasteiger partial charge on any atom is -0.0622 e. The second kappa shape index (κ2) is 3.64. The van der Waals surface area contributed by atoms with E-state index < -0.39 is 0 Å². The predicted molar refractivity (Wildman–Crippen MR) is 67.9 cm³/mol. The van der Waals surface area contributed by atoms with Crippen LogP contribution in [0.25, 0.3) is 17.2 Å². The number of allylic oxidation sites excluding steroid dienone is 1. The Labute approximate surface area is 96.3 Å². The van der Waals surface area contributed by atoms with Gasteiger partial charge in [0, 0.05) is 6.42 Å². The van der Waals surface area contributed by atoms with Crippen molar-refractivity contribution >= 4 is 6.08 Å². The van der Waals surface area contributed by atoms with Crippen LogP contribution in [0.3, 0.4) is 0 Å². The van der Waals surface area contributed by atoms with E-state index in [9.17, 15) is 0 Å². The highest BCUT2D eigenvalue weighted by Gasteiger charge is 2.14. The van der Waals surface area contributed by atoms with Crippen LogP contribution in [0, 0.1) is 6.42 Å². The van der Waals surface area contributed by atoms with E-state index in [-0.39, 0.29) is 0 Å². The molecule has 76 valence electrons. The van der Waals surface area contributed by atoms with Gasteiger partial charge in [0.25, 0.3) is 0 Å². The second-order valence-corrected chi connectivity index (χ2v) is 4.09. The summed E-state index contributed by atoms with van der Waals surface area (Å²) >= 11 is 0. The fourth-order valence-electron chi connectivity index (χ4n) is 2.16. The third kappa shape index (κ3) is 1.47. The highest BCUT2D eigenvalue weighted by atomic mass is 14.2. The van der Waals surface area contributed by atoms with Crippen molar-refractivity contribution in [3.8, 4) is 11.1 Å². The molecule has 0 amide bonds. The molecule has 1 aliphatic carbocycles. The van der Waals surface area contributed by atoms with E-state index in [1.165, 1.54) is 27.8 Å². The third-order valence-corrected chi connectivity index (χ3v) is 2.88. The first kappa shape index (κ1) is 9.41. The Kier molecular flexibility index (Phi) is 2.14. The number of fused-ring (bicyclic) bond motifs is 1. The van der Waals surface area contributed by atoms with Gasteiger partial charge in [-0.2, -0.15) is 0 Å². The van der Waals surface area contributed by atoms with Gasteiger partial charge in [-0.15, -0.1) is 0 Å². The molecule has 0 nitrogen and oxygen atoms in total. The average molecular weight is 204 g/mol. The van der Waals surface area contributed by atoms with Gasteiger partial charge < -0.3 is 0 Å². The molecular weight excluding hydrogens is 192 g/mol. The summed E-state index contributed by atoms with van der Waals surface area (Å²) in [5.41, 5.74) is 6.28. The van der Waals surface area contributed by atoms with Gasteiger partial charge in [0.15, 0.2) is 0 Å². The molecule has 16 heavy (non-hydrogen) atoms. The number of benzene rings is 2. The van der Waals surface area contributed by atoms with Crippen molar-refractivity contribution in [2.75, 3.05) is 0 Å². The van der Waals surface area contributed by atoms with Gasteiger partial charge in [0.2, 0.25) is 0 Å². The summed E-state index contributed by atoms with van der Waals surface area (Å²) in [6.07, 6.45) is 5.57. The molecule has 2 aromatic carbocycles. The Bertz CT molecular complexity index is 548. The summed E-state index contributed by atoms with van der Waals surface area (Å²) in [4.78, 5) is 0. The lowest BCUT2D eigenvalue weighted by Crippen LogP contribution is -1.85. The van der Waals surface area contributed by atoms with Crippen molar-refractivity contribution in [3.05, 3.63) is 71.7 Å². The molecule has 2 aromatic rings. The van der Waals surface area contributed by atoms with E-state index in [0.29, 0.717) is 0 Å². The zero-order chi connectivity index (χ0) is 11.0. The van der Waals surface area contributed by atoms with Gasteiger partial charge in [0.1, 0.15) is 0 Å². The first-order valence-electron chi connectivity index (χ1n) is 5.48. The van der Waals surface area contributed by atoms with Crippen LogP contribution in [-0.4, -0.2) is 0 Å². The summed E-state index contributed by atoms with van der Waals surface area (Å²) < 4.78 is 0. The molecule has 0 heterocycles. The second-order valence-electron chi connectivity index (χ2n) is 4.09. The maximum absolute atomic E-state index is 3.37. The normalized spacial score (nSPS) is 13.4. The fourth-order valence-corrected chi connectivity index (χ4v) is 2.16. The van der Waals surface area contributed by atoms with Crippen LogP contribution in [0.4, 0.5) is 0 Å². The molecule has 2 radical (unpaired) electrons. The van der Waals surface area contributed by atoms with Crippen LogP contribution in [0.1, 0.15) is 18.1 Å². The van der Waals surface area contributed by atoms with Crippen LogP contribution in [0.5, 0.6) is 0 Å². The third-order valence-electron chi connectivity index (χ3n) is 2.88. The van der Waals surface area contributed by atoms with E-state index in [0.717, 1.165) is 0 Å². The zero-order valence-corrected chi connectivity index (χ0v) is 9.20. The lowest BCUT2D eigenvalue weighted by molar-refractivity contribution is 1.45. The fraction of sp³-hybridized carbons (Fsp3) is 0.0625. The maximum atomic E-state index is 3.37. The largest absolute Gasteiger partial charge is 0.0622 e. The molecule has 0 heteroatoms. The standard InChI is InChI=1S/C16H12/c1-12-10-14-8-5-9-15(16(14)11-12)13-6-3-2-4-7-13/h2-9,11H,1H3. The molecule has 0 unspecified atom stereocenters. The predicted octanol–water partition coefficient (Wildman–Crippen LogP) is 4.20. The Morgan fingerprint density at radius 2 is 1.69 bits per heavy atom. The van der Waals surface area contributed by atoms with E-state index in [4.69, 9.17) is 0 Å². The van der Waals surface area contributed by atoms with E-state index in [1.54, 1.807) is 0 Å². The number of rotatable bonds is 1. The number of hydrogen-bond acceptors (Lipinski definition) is 0. The van der Waals surface area contributed by atoms with E-state index >= 15 is 0 Å². The minimum absolute atomic E-state index is 1.21. The maximum Gasteiger partial charge on any atom is 0.0461 e. The summed E-state index contributed by atoms with van der Waals surface area (Å²) in [7, 11) is 0. The van der Waals surface area contributed by atoms with Crippen LogP contribution in [-0.2, 0) is 0 Å². The van der Waals surface area contributed by atoms with E-state index in [1.807, 2.05) is 6.07 Å². The Morgan fingerprint density at radius 3 is 2.50 bits per heavy atom. The first-order valence-corrected chi connectivity index (χ1v) is 5.48. The van der Waals surface area contributed by atoms with Gasteiger partial charge in [-0.1, -0.05) is 60.2 Å². The molecular formula is C16H12. The van der Waals surface area contributed by atoms with Crippen molar-refractivity contribution in [2.45, 2.75) is 6.92 Å². The Hall–Kier alpha value is -1.82. The Balaban J connectivity index is 2.20. The van der Waals surface area contributed by atoms with Crippen LogP contribution in [0.15, 0.2) is 54.1 Å². The van der Waals surface area contributed by atoms with E-state index in [2.05, 4.69) is 61.9 Å². The smallest absolute Gasteiger partial charge is 0.0461 e. The molecule has 0 fully saturated rings. The molecule has 0 saturated heterocycles. The minimum atomic E-state index is 1.21. The molecule has 0 aromatic heterocycles. The molecule has 0 bridgehead atoms. The molecule has 0 N–H and O–H groups in total. The van der Waals surface area contributed by atoms with Crippen LogP contribution >= 0.6 is 0 Å². The quantitative estimate of drug-likeness (QED) is 0.653. The van der Waals surface area contributed by atoms with Gasteiger partial charge in [0.05, 0.1) is 0 Å². The summed E-state index contributed by atoms with van der Waals surface area (Å²) in [5, 5.41) is 0. The van der Waals surface area contributed by atoms with Crippen molar-refractivity contribution in [2.24, 2.45) is 0 Å². The molecule has 1 aliphatic rings. The topological polar surface area (TPSA) is 0 Å². The first-order chi connectivity index (χ1) is 7.84. The van der Waals surface area contributed by atoms with Gasteiger partial charge in [-0.25, -0.2) is 0 Å². The summed E-state index contributed by atoms with van der Waals surface area (Å²) in [6, 6.07) is 16.9. The number of hydrogen-bond donors (Lipinski definition) is 0. The van der Waals surface area contributed by atoms with Crippen molar-refractivity contribution in [3.63, 3.8) is 0 Å². The molecule has 0 atom stereocenters. The van der Waals surface area contributed by atoms with Crippen molar-refractivity contribution in [1.29, 1.82) is 0 Å². The SMILES string of the molecule is CC1=Cc2c(cccc2-c2ccccc2)[C]1. The molecule has 3 rings (SSSR count). The molecule has 0 saturated carbocycles. The lowest BCUT2D eigenvalue weighted by Gasteiger charge is -2.07. The molecule has 0 spiro atoms. The Morgan fingerprint density at radius 1 is 0.875 bits per heavy atom. The summed E-state index contributed by atoms with van der Waals surface area (Å²) in [6.45, 7) is 2.09. The van der Waals surface area contributed by atoms with Crippen LogP contribution < -0.4 is 0 Å². The van der Waals surface area contributed by atoms with Crippen molar-refractivity contribution < 1.29 is 0 Å². The van der Waals surface area contributed by atoms with Crippen molar-refractivity contribution in [1.82, 2.24) is 0 Å². The zero-order valence-electron chi connectivity index (χ0n) is 9.20. The van der Waals surface area contributed by atoms with Gasteiger partial charge >= 0.3 is 0 Å². The van der Waals surface area contributed by atoms with Gasteiger partial charge in [-0.3, -0.25) is 0 Å². The highest BCUT2D eigenvalue weighted by Crippen LogP contribution is 2.34. The summed E-state index contributed by atoms with van der Waals surface area (Å²) in [5.74, 6) is 0. The molecule has 0 aliphatic heterocycles. The average Bonchev–Trinajstić information content (AvgIpc) is 2.70.